The fraction of sp³-hybridized carbons (Fsp3) is 0.393. The van der Waals surface area contributed by atoms with Gasteiger partial charge in [-0.15, -0.1) is 0 Å². The van der Waals surface area contributed by atoms with Crippen molar-refractivity contribution in [3.05, 3.63) is 83.9 Å². The van der Waals surface area contributed by atoms with Crippen molar-refractivity contribution >= 4 is 17.5 Å². The number of amides is 2. The Kier molecular flexibility index (Phi) is 5.76. The minimum atomic E-state index is -0.195. The molecular formula is C28H31N5O2. The van der Waals surface area contributed by atoms with Gasteiger partial charge in [0.1, 0.15) is 5.82 Å². The van der Waals surface area contributed by atoms with E-state index in [2.05, 4.69) is 43.7 Å². The van der Waals surface area contributed by atoms with Crippen LogP contribution in [0.3, 0.4) is 0 Å². The second kappa shape index (κ2) is 9.21. The first-order valence-electron chi connectivity index (χ1n) is 12.7. The number of nitrogens with one attached hydrogen (secondary N) is 3. The molecule has 35 heavy (non-hydrogen) atoms. The highest BCUT2D eigenvalue weighted by Crippen LogP contribution is 2.51. The molecule has 7 heteroatoms. The van der Waals surface area contributed by atoms with Crippen LogP contribution in [0.4, 0.5) is 5.69 Å². The average Bonchev–Trinajstić information content (AvgIpc) is 3.60. The molecular weight excluding hydrogens is 438 g/mol. The Morgan fingerprint density at radius 2 is 1.77 bits per heavy atom. The SMILES string of the molecule is O=C(N[C@@H]1CCCC[C@@H]1C(=O)N1CC[C@@H]2C1c1ccccc1N[C@@H]2c1ncc[nH]1)c1ccccc1. The van der Waals surface area contributed by atoms with Crippen molar-refractivity contribution in [3.8, 4) is 0 Å². The average molecular weight is 470 g/mol. The summed E-state index contributed by atoms with van der Waals surface area (Å²) in [6.45, 7) is 0.719. The Morgan fingerprint density at radius 1 is 0.971 bits per heavy atom. The molecule has 7 nitrogen and oxygen atoms in total. The topological polar surface area (TPSA) is 90.1 Å². The van der Waals surface area contributed by atoms with Crippen molar-refractivity contribution in [2.45, 2.75) is 50.2 Å². The van der Waals surface area contributed by atoms with E-state index >= 15 is 0 Å². The summed E-state index contributed by atoms with van der Waals surface area (Å²) in [5.41, 5.74) is 2.87. The summed E-state index contributed by atoms with van der Waals surface area (Å²) in [5.74, 6) is 1.03. The van der Waals surface area contributed by atoms with E-state index in [0.29, 0.717) is 5.56 Å². The number of fused-ring (bicyclic) bond motifs is 3. The number of nitrogens with zero attached hydrogens (tertiary/aromatic N) is 2. The van der Waals surface area contributed by atoms with E-state index in [1.165, 1.54) is 5.56 Å². The molecule has 1 aliphatic carbocycles. The summed E-state index contributed by atoms with van der Waals surface area (Å²) in [6.07, 6.45) is 8.25. The largest absolute Gasteiger partial charge is 0.375 e. The van der Waals surface area contributed by atoms with E-state index in [1.54, 1.807) is 6.20 Å². The van der Waals surface area contributed by atoms with Crippen LogP contribution in [0.25, 0.3) is 0 Å². The quantitative estimate of drug-likeness (QED) is 0.526. The molecule has 2 amide bonds. The standard InChI is InChI=1S/C28H31N5O2/c34-27(18-8-2-1-3-9-18)32-23-13-7-5-11-20(23)28(35)33-17-14-21-24(26-29-15-16-30-26)31-22-12-6-4-10-19(22)25(21)33/h1-4,6,8-10,12,15-16,20-21,23-25,31H,5,7,11,13-14,17H2,(H,29,30)(H,32,34)/t20-,21-,23+,24-,25?/m0/s1. The van der Waals surface area contributed by atoms with Crippen LogP contribution in [-0.4, -0.2) is 39.3 Å². The third-order valence-electron chi connectivity index (χ3n) is 8.00. The van der Waals surface area contributed by atoms with Gasteiger partial charge in [0.15, 0.2) is 0 Å². The Labute approximate surface area is 205 Å². The van der Waals surface area contributed by atoms with Crippen molar-refractivity contribution in [2.24, 2.45) is 11.8 Å². The number of rotatable bonds is 4. The second-order valence-electron chi connectivity index (χ2n) is 9.95. The molecule has 1 saturated heterocycles. The summed E-state index contributed by atoms with van der Waals surface area (Å²) < 4.78 is 0. The number of aromatic amines is 1. The molecule has 1 unspecified atom stereocenters. The first kappa shape index (κ1) is 21.9. The number of carbonyl (C=O) groups excluding carboxylic acids is 2. The van der Waals surface area contributed by atoms with Crippen molar-refractivity contribution in [3.63, 3.8) is 0 Å². The highest BCUT2D eigenvalue weighted by atomic mass is 16.2. The van der Waals surface area contributed by atoms with Gasteiger partial charge in [-0.25, -0.2) is 4.98 Å². The normalized spacial score (nSPS) is 27.4. The molecule has 3 aromatic rings. The number of likely N-dealkylation sites (tertiary alicyclic amines) is 1. The highest BCUT2D eigenvalue weighted by molar-refractivity contribution is 5.94. The van der Waals surface area contributed by atoms with Crippen LogP contribution in [0.5, 0.6) is 0 Å². The summed E-state index contributed by atoms with van der Waals surface area (Å²) >= 11 is 0. The first-order chi connectivity index (χ1) is 17.2. The summed E-state index contributed by atoms with van der Waals surface area (Å²) in [5, 5.41) is 6.87. The number of para-hydroxylation sites is 1. The van der Waals surface area contributed by atoms with Gasteiger partial charge in [0.25, 0.3) is 5.91 Å². The number of H-pyrrole nitrogens is 1. The van der Waals surface area contributed by atoms with E-state index in [0.717, 1.165) is 50.2 Å². The zero-order valence-corrected chi connectivity index (χ0v) is 19.7. The minimum absolute atomic E-state index is 0.00227. The summed E-state index contributed by atoms with van der Waals surface area (Å²) in [7, 11) is 0. The number of hydrogen-bond donors (Lipinski definition) is 3. The zero-order chi connectivity index (χ0) is 23.8. The number of anilines is 1. The van der Waals surface area contributed by atoms with E-state index in [9.17, 15) is 9.59 Å². The predicted octanol–water partition coefficient (Wildman–Crippen LogP) is 4.45. The highest BCUT2D eigenvalue weighted by Gasteiger charge is 2.49. The smallest absolute Gasteiger partial charge is 0.251 e. The molecule has 0 bridgehead atoms. The van der Waals surface area contributed by atoms with Gasteiger partial charge in [0, 0.05) is 42.1 Å². The zero-order valence-electron chi connectivity index (χ0n) is 19.7. The van der Waals surface area contributed by atoms with Crippen molar-refractivity contribution in [1.29, 1.82) is 0 Å². The monoisotopic (exact) mass is 469 g/mol. The van der Waals surface area contributed by atoms with Gasteiger partial charge in [0.2, 0.25) is 5.91 Å². The second-order valence-corrected chi connectivity index (χ2v) is 9.95. The van der Waals surface area contributed by atoms with Crippen molar-refractivity contribution in [2.75, 3.05) is 11.9 Å². The molecule has 180 valence electrons. The van der Waals surface area contributed by atoms with Gasteiger partial charge >= 0.3 is 0 Å². The fourth-order valence-corrected chi connectivity index (χ4v) is 6.34. The molecule has 5 atom stereocenters. The van der Waals surface area contributed by atoms with E-state index in [-0.39, 0.29) is 41.8 Å². The van der Waals surface area contributed by atoms with E-state index < -0.39 is 0 Å². The molecule has 3 N–H and O–H groups in total. The fourth-order valence-electron chi connectivity index (χ4n) is 6.34. The Bertz CT molecular complexity index is 1200. The Balaban J connectivity index is 1.27. The predicted molar refractivity (Wildman–Crippen MR) is 134 cm³/mol. The molecule has 0 radical (unpaired) electrons. The van der Waals surface area contributed by atoms with Crippen LogP contribution >= 0.6 is 0 Å². The molecule has 1 saturated carbocycles. The van der Waals surface area contributed by atoms with Crippen molar-refractivity contribution in [1.82, 2.24) is 20.2 Å². The lowest BCUT2D eigenvalue weighted by molar-refractivity contribution is -0.138. The first-order valence-corrected chi connectivity index (χ1v) is 12.7. The van der Waals surface area contributed by atoms with Crippen LogP contribution in [0, 0.1) is 11.8 Å². The summed E-state index contributed by atoms with van der Waals surface area (Å²) in [6, 6.07) is 17.5. The summed E-state index contributed by atoms with van der Waals surface area (Å²) in [4.78, 5) is 36.9. The number of imidazole rings is 1. The Morgan fingerprint density at radius 3 is 2.60 bits per heavy atom. The maximum Gasteiger partial charge on any atom is 0.251 e. The van der Waals surface area contributed by atoms with Crippen LogP contribution < -0.4 is 10.6 Å². The maximum absolute atomic E-state index is 14.1. The molecule has 3 aliphatic rings. The lowest BCUT2D eigenvalue weighted by Gasteiger charge is -2.41. The lowest BCUT2D eigenvalue weighted by Crippen LogP contribution is -2.50. The van der Waals surface area contributed by atoms with Crippen molar-refractivity contribution < 1.29 is 9.59 Å². The van der Waals surface area contributed by atoms with Gasteiger partial charge < -0.3 is 20.5 Å². The van der Waals surface area contributed by atoms with Gasteiger partial charge in [-0.05, 0) is 43.0 Å². The van der Waals surface area contributed by atoms with Crippen LogP contribution in [0.1, 0.15) is 65.9 Å². The van der Waals surface area contributed by atoms with Crippen LogP contribution in [0.2, 0.25) is 0 Å². The Hall–Kier alpha value is -3.61. The molecule has 2 fully saturated rings. The lowest BCUT2D eigenvalue weighted by atomic mass is 9.80. The molecule has 1 aromatic heterocycles. The molecule has 2 aromatic carbocycles. The van der Waals surface area contributed by atoms with E-state index in [4.69, 9.17) is 0 Å². The van der Waals surface area contributed by atoms with Gasteiger partial charge in [-0.3, -0.25) is 9.59 Å². The van der Waals surface area contributed by atoms with Gasteiger partial charge in [0.05, 0.1) is 18.0 Å². The molecule has 3 heterocycles. The van der Waals surface area contributed by atoms with Gasteiger partial charge in [-0.1, -0.05) is 49.2 Å². The third kappa shape index (κ3) is 3.99. The molecule has 2 aliphatic heterocycles. The minimum Gasteiger partial charge on any atom is -0.375 e. The number of benzene rings is 2. The number of carbonyl (C=O) groups is 2. The van der Waals surface area contributed by atoms with Crippen LogP contribution in [-0.2, 0) is 4.79 Å². The molecule has 0 spiro atoms. The third-order valence-corrected chi connectivity index (χ3v) is 8.00. The number of aromatic nitrogens is 2. The van der Waals surface area contributed by atoms with Gasteiger partial charge in [-0.2, -0.15) is 0 Å². The van der Waals surface area contributed by atoms with E-state index in [1.807, 2.05) is 42.6 Å². The number of hydrogen-bond acceptors (Lipinski definition) is 4. The molecule has 6 rings (SSSR count). The maximum atomic E-state index is 14.1. The van der Waals surface area contributed by atoms with Crippen LogP contribution in [0.15, 0.2) is 67.0 Å².